The first-order chi connectivity index (χ1) is 10.4. The standard InChI is InChI=1S/C17H18N4/c1-2-4-17-14(3-1)11-20-21(17)12-16-6-5-13(10-19-16)9-18-15-7-8-15/h1-6,10-11,15,18H,7-9,12H2. The molecule has 1 fully saturated rings. The summed E-state index contributed by atoms with van der Waals surface area (Å²) in [4.78, 5) is 4.56. The first-order valence-corrected chi connectivity index (χ1v) is 7.46. The molecule has 0 spiro atoms. The van der Waals surface area contributed by atoms with Crippen molar-refractivity contribution in [1.82, 2.24) is 20.1 Å². The largest absolute Gasteiger partial charge is 0.310 e. The van der Waals surface area contributed by atoms with Gasteiger partial charge < -0.3 is 5.32 Å². The molecule has 1 aliphatic carbocycles. The minimum absolute atomic E-state index is 0.712. The maximum atomic E-state index is 4.56. The molecule has 0 saturated heterocycles. The average molecular weight is 278 g/mol. The number of fused-ring (bicyclic) bond motifs is 1. The fourth-order valence-corrected chi connectivity index (χ4v) is 2.51. The second-order valence-electron chi connectivity index (χ2n) is 5.67. The zero-order valence-corrected chi connectivity index (χ0v) is 11.9. The Hall–Kier alpha value is -2.20. The summed E-state index contributed by atoms with van der Waals surface area (Å²) in [6.07, 6.45) is 6.51. The molecule has 0 atom stereocenters. The molecule has 106 valence electrons. The summed E-state index contributed by atoms with van der Waals surface area (Å²) in [6.45, 7) is 1.63. The summed E-state index contributed by atoms with van der Waals surface area (Å²) in [6, 6.07) is 13.2. The molecular weight excluding hydrogens is 260 g/mol. The highest BCUT2D eigenvalue weighted by molar-refractivity contribution is 5.78. The number of pyridine rings is 1. The number of hydrogen-bond donors (Lipinski definition) is 1. The number of benzene rings is 1. The monoisotopic (exact) mass is 278 g/mol. The van der Waals surface area contributed by atoms with Crippen LogP contribution in [0.4, 0.5) is 0 Å². The maximum Gasteiger partial charge on any atom is 0.0838 e. The molecular formula is C17H18N4. The van der Waals surface area contributed by atoms with Gasteiger partial charge in [0.15, 0.2) is 0 Å². The fourth-order valence-electron chi connectivity index (χ4n) is 2.51. The van der Waals surface area contributed by atoms with Crippen molar-refractivity contribution in [3.05, 3.63) is 60.0 Å². The van der Waals surface area contributed by atoms with Gasteiger partial charge in [-0.15, -0.1) is 0 Å². The van der Waals surface area contributed by atoms with Crippen LogP contribution in [0, 0.1) is 0 Å². The summed E-state index contributed by atoms with van der Waals surface area (Å²) in [5.74, 6) is 0. The second-order valence-corrected chi connectivity index (χ2v) is 5.67. The molecule has 0 unspecified atom stereocenters. The van der Waals surface area contributed by atoms with Crippen molar-refractivity contribution < 1.29 is 0 Å². The number of nitrogens with zero attached hydrogens (tertiary/aromatic N) is 3. The normalized spacial score (nSPS) is 14.7. The summed E-state index contributed by atoms with van der Waals surface area (Å²) in [5, 5.41) is 9.12. The van der Waals surface area contributed by atoms with Crippen LogP contribution in [0.1, 0.15) is 24.1 Å². The van der Waals surface area contributed by atoms with Gasteiger partial charge in [-0.25, -0.2) is 0 Å². The highest BCUT2D eigenvalue weighted by Crippen LogP contribution is 2.19. The number of para-hydroxylation sites is 1. The zero-order valence-electron chi connectivity index (χ0n) is 11.9. The Bertz CT molecular complexity index is 741. The lowest BCUT2D eigenvalue weighted by Crippen LogP contribution is -2.15. The van der Waals surface area contributed by atoms with E-state index in [1.54, 1.807) is 0 Å². The molecule has 4 heteroatoms. The Kier molecular flexibility index (Phi) is 3.16. The molecule has 4 nitrogen and oxygen atoms in total. The molecule has 4 rings (SSSR count). The Balaban J connectivity index is 1.48. The molecule has 2 aromatic heterocycles. The smallest absolute Gasteiger partial charge is 0.0838 e. The fraction of sp³-hybridized carbons (Fsp3) is 0.294. The third-order valence-corrected chi connectivity index (χ3v) is 3.92. The molecule has 1 N–H and O–H groups in total. The number of rotatable bonds is 5. The van der Waals surface area contributed by atoms with Gasteiger partial charge >= 0.3 is 0 Å². The van der Waals surface area contributed by atoms with Crippen LogP contribution in [0.2, 0.25) is 0 Å². The molecule has 0 bridgehead atoms. The zero-order chi connectivity index (χ0) is 14.1. The van der Waals surface area contributed by atoms with Crippen LogP contribution in [-0.4, -0.2) is 20.8 Å². The van der Waals surface area contributed by atoms with E-state index in [1.165, 1.54) is 23.8 Å². The lowest BCUT2D eigenvalue weighted by atomic mass is 10.2. The Labute approximate surface area is 123 Å². The predicted molar refractivity (Wildman–Crippen MR) is 82.9 cm³/mol. The van der Waals surface area contributed by atoms with E-state index in [2.05, 4.69) is 39.7 Å². The van der Waals surface area contributed by atoms with Crippen LogP contribution in [0.5, 0.6) is 0 Å². The van der Waals surface area contributed by atoms with Gasteiger partial charge in [0.25, 0.3) is 0 Å². The van der Waals surface area contributed by atoms with Gasteiger partial charge in [0.1, 0.15) is 0 Å². The van der Waals surface area contributed by atoms with Gasteiger partial charge in [-0.05, 0) is 30.5 Å². The highest BCUT2D eigenvalue weighted by atomic mass is 15.3. The predicted octanol–water partition coefficient (Wildman–Crippen LogP) is 2.73. The van der Waals surface area contributed by atoms with Crippen molar-refractivity contribution in [2.24, 2.45) is 0 Å². The second kappa shape index (κ2) is 5.30. The summed E-state index contributed by atoms with van der Waals surface area (Å²) >= 11 is 0. The van der Waals surface area contributed by atoms with Crippen molar-refractivity contribution >= 4 is 10.9 Å². The van der Waals surface area contributed by atoms with Gasteiger partial charge in [0, 0.05) is 24.2 Å². The van der Waals surface area contributed by atoms with E-state index in [0.717, 1.165) is 23.8 Å². The molecule has 1 aromatic carbocycles. The quantitative estimate of drug-likeness (QED) is 0.780. The van der Waals surface area contributed by atoms with Crippen LogP contribution in [0.3, 0.4) is 0 Å². The van der Waals surface area contributed by atoms with E-state index >= 15 is 0 Å². The third kappa shape index (κ3) is 2.81. The first kappa shape index (κ1) is 12.5. The van der Waals surface area contributed by atoms with E-state index in [1.807, 2.05) is 29.2 Å². The highest BCUT2D eigenvalue weighted by Gasteiger charge is 2.19. The number of hydrogen-bond acceptors (Lipinski definition) is 3. The van der Waals surface area contributed by atoms with Crippen LogP contribution < -0.4 is 5.32 Å². The van der Waals surface area contributed by atoms with Crippen molar-refractivity contribution in [3.63, 3.8) is 0 Å². The Morgan fingerprint density at radius 1 is 1.10 bits per heavy atom. The van der Waals surface area contributed by atoms with Gasteiger partial charge in [-0.2, -0.15) is 5.10 Å². The van der Waals surface area contributed by atoms with Gasteiger partial charge in [0.05, 0.1) is 24.0 Å². The molecule has 2 heterocycles. The lowest BCUT2D eigenvalue weighted by Gasteiger charge is -2.06. The molecule has 1 aliphatic rings. The first-order valence-electron chi connectivity index (χ1n) is 7.46. The van der Waals surface area contributed by atoms with Crippen LogP contribution in [-0.2, 0) is 13.1 Å². The van der Waals surface area contributed by atoms with Crippen LogP contribution >= 0.6 is 0 Å². The van der Waals surface area contributed by atoms with E-state index in [0.29, 0.717) is 6.54 Å². The molecule has 1 saturated carbocycles. The molecule has 0 radical (unpaired) electrons. The number of nitrogens with one attached hydrogen (secondary N) is 1. The number of aromatic nitrogens is 3. The van der Waals surface area contributed by atoms with Crippen molar-refractivity contribution in [2.45, 2.75) is 32.0 Å². The molecule has 0 aliphatic heterocycles. The van der Waals surface area contributed by atoms with E-state index in [-0.39, 0.29) is 0 Å². The Morgan fingerprint density at radius 2 is 2.00 bits per heavy atom. The average Bonchev–Trinajstić information content (AvgIpc) is 3.28. The molecule has 0 amide bonds. The van der Waals surface area contributed by atoms with Gasteiger partial charge in [-0.1, -0.05) is 24.3 Å². The molecule has 21 heavy (non-hydrogen) atoms. The SMILES string of the molecule is c1ccc2c(c1)cnn2Cc1ccc(CNC2CC2)cn1. The summed E-state index contributed by atoms with van der Waals surface area (Å²) < 4.78 is 2.00. The minimum atomic E-state index is 0.712. The van der Waals surface area contributed by atoms with Gasteiger partial charge in [0.2, 0.25) is 0 Å². The van der Waals surface area contributed by atoms with Crippen LogP contribution in [0.15, 0.2) is 48.8 Å². The summed E-state index contributed by atoms with van der Waals surface area (Å²) in [5.41, 5.74) is 3.44. The van der Waals surface area contributed by atoms with E-state index in [4.69, 9.17) is 0 Å². The van der Waals surface area contributed by atoms with E-state index in [9.17, 15) is 0 Å². The minimum Gasteiger partial charge on any atom is -0.310 e. The topological polar surface area (TPSA) is 42.7 Å². The van der Waals surface area contributed by atoms with Crippen LogP contribution in [0.25, 0.3) is 10.9 Å². The van der Waals surface area contributed by atoms with Crippen molar-refractivity contribution in [3.8, 4) is 0 Å². The van der Waals surface area contributed by atoms with Gasteiger partial charge in [-0.3, -0.25) is 9.67 Å². The lowest BCUT2D eigenvalue weighted by molar-refractivity contribution is 0.677. The summed E-state index contributed by atoms with van der Waals surface area (Å²) in [7, 11) is 0. The third-order valence-electron chi connectivity index (χ3n) is 3.92. The molecule has 3 aromatic rings. The Morgan fingerprint density at radius 3 is 2.81 bits per heavy atom. The van der Waals surface area contributed by atoms with Crippen molar-refractivity contribution in [2.75, 3.05) is 0 Å². The maximum absolute atomic E-state index is 4.56. The van der Waals surface area contributed by atoms with Crippen molar-refractivity contribution in [1.29, 1.82) is 0 Å². The van der Waals surface area contributed by atoms with E-state index < -0.39 is 0 Å².